The van der Waals surface area contributed by atoms with E-state index in [1.807, 2.05) is 31.2 Å². The second-order valence-corrected chi connectivity index (χ2v) is 9.51. The average molecular weight is 473 g/mol. The molecule has 1 aromatic heterocycles. The molecule has 1 aliphatic heterocycles. The molecule has 0 aliphatic carbocycles. The summed E-state index contributed by atoms with van der Waals surface area (Å²) in [7, 11) is -2.46. The van der Waals surface area contributed by atoms with Crippen molar-refractivity contribution < 1.29 is 17.9 Å². The van der Waals surface area contributed by atoms with Crippen molar-refractivity contribution >= 4 is 27.6 Å². The number of fused-ring (bicyclic) bond motifs is 6. The van der Waals surface area contributed by atoms with E-state index < -0.39 is 10.0 Å². The van der Waals surface area contributed by atoms with Gasteiger partial charge in [0.2, 0.25) is 11.8 Å². The van der Waals surface area contributed by atoms with Gasteiger partial charge in [-0.2, -0.15) is 4.98 Å². The van der Waals surface area contributed by atoms with E-state index in [2.05, 4.69) is 14.7 Å². The van der Waals surface area contributed by atoms with E-state index in [1.165, 1.54) is 17.0 Å². The summed E-state index contributed by atoms with van der Waals surface area (Å²) in [5, 5.41) is 0. The van der Waals surface area contributed by atoms with Crippen LogP contribution in [-0.4, -0.2) is 31.3 Å². The van der Waals surface area contributed by atoms with Crippen LogP contribution in [0.5, 0.6) is 11.6 Å². The second-order valence-electron chi connectivity index (χ2n) is 7.83. The van der Waals surface area contributed by atoms with Crippen LogP contribution >= 0.6 is 0 Å². The highest BCUT2D eigenvalue weighted by atomic mass is 32.2. The van der Waals surface area contributed by atoms with E-state index in [-0.39, 0.29) is 22.6 Å². The third-order valence-corrected chi connectivity index (χ3v) is 6.80. The van der Waals surface area contributed by atoms with Gasteiger partial charge in [0, 0.05) is 29.9 Å². The molecule has 4 aromatic rings. The Morgan fingerprint density at radius 1 is 0.912 bits per heavy atom. The number of hydrogen-bond donors (Lipinski definition) is 1. The molecule has 1 aliphatic rings. The Bertz CT molecular complexity index is 1540. The Morgan fingerprint density at radius 2 is 1.71 bits per heavy atom. The lowest BCUT2D eigenvalue weighted by atomic mass is 10.1. The van der Waals surface area contributed by atoms with Gasteiger partial charge in [-0.3, -0.25) is 4.79 Å². The summed E-state index contributed by atoms with van der Waals surface area (Å²) in [5.74, 6) is 0.0795. The zero-order valence-electron chi connectivity index (χ0n) is 18.4. The minimum Gasteiger partial charge on any atom is -0.439 e. The van der Waals surface area contributed by atoms with Crippen molar-refractivity contribution in [2.24, 2.45) is 0 Å². The summed E-state index contributed by atoms with van der Waals surface area (Å²) in [6.45, 7) is 1.94. The monoisotopic (exact) mass is 472 g/mol. The molecule has 0 saturated heterocycles. The number of anilines is 2. The van der Waals surface area contributed by atoms with Gasteiger partial charge in [-0.1, -0.05) is 36.4 Å². The van der Waals surface area contributed by atoms with Crippen molar-refractivity contribution in [2.75, 3.05) is 16.7 Å². The smallest absolute Gasteiger partial charge is 0.264 e. The first-order chi connectivity index (χ1) is 16.3. The molecule has 170 valence electrons. The van der Waals surface area contributed by atoms with Crippen LogP contribution in [0, 0.1) is 6.92 Å². The van der Waals surface area contributed by atoms with Gasteiger partial charge in [-0.25, -0.2) is 18.1 Å². The van der Waals surface area contributed by atoms with E-state index >= 15 is 0 Å². The first-order valence-corrected chi connectivity index (χ1v) is 11.9. The molecular formula is C25H20N4O4S. The third kappa shape index (κ3) is 4.08. The van der Waals surface area contributed by atoms with Gasteiger partial charge < -0.3 is 9.64 Å². The first kappa shape index (κ1) is 21.6. The number of sulfonamides is 1. The predicted molar refractivity (Wildman–Crippen MR) is 129 cm³/mol. The number of aryl methyl sites for hydroxylation is 1. The Balaban J connectivity index is 1.73. The Kier molecular flexibility index (Phi) is 5.25. The highest BCUT2D eigenvalue weighted by Crippen LogP contribution is 2.30. The fourth-order valence-electron chi connectivity index (χ4n) is 3.68. The van der Waals surface area contributed by atoms with E-state index in [9.17, 15) is 13.2 Å². The van der Waals surface area contributed by atoms with Gasteiger partial charge in [-0.15, -0.1) is 0 Å². The lowest BCUT2D eigenvalue weighted by Gasteiger charge is -2.19. The molecule has 6 bridgehead atoms. The fraction of sp³-hybridized carbons (Fsp3) is 0.0800. The lowest BCUT2D eigenvalue weighted by Crippen LogP contribution is -2.26. The van der Waals surface area contributed by atoms with E-state index in [0.717, 1.165) is 11.1 Å². The summed E-state index contributed by atoms with van der Waals surface area (Å²) >= 11 is 0. The van der Waals surface area contributed by atoms with Crippen LogP contribution in [0.25, 0.3) is 11.3 Å². The standard InChI is InChI=1S/C25H20N4O4S/c1-16-7-3-4-12-21(16)22-15-23-27-25(26-22)28-34(31,32)20-11-6-9-18(14-20)29(2)24(30)17-8-5-10-19(13-17)33-23/h3-15H,1-2H3,(H,26,27,28). The molecule has 0 saturated carbocycles. The number of carbonyl (C=O) groups excluding carboxylic acids is 1. The van der Waals surface area contributed by atoms with Crippen LogP contribution in [0.1, 0.15) is 15.9 Å². The van der Waals surface area contributed by atoms with Crippen LogP contribution in [0.15, 0.2) is 83.8 Å². The minimum atomic E-state index is -4.05. The largest absolute Gasteiger partial charge is 0.439 e. The summed E-state index contributed by atoms with van der Waals surface area (Å²) in [4.78, 5) is 23.2. The highest BCUT2D eigenvalue weighted by molar-refractivity contribution is 7.92. The van der Waals surface area contributed by atoms with Gasteiger partial charge in [0.05, 0.1) is 10.6 Å². The second kappa shape index (κ2) is 8.27. The maximum absolute atomic E-state index is 13.2. The molecule has 0 radical (unpaired) electrons. The van der Waals surface area contributed by atoms with Gasteiger partial charge >= 0.3 is 0 Å². The molecule has 3 aromatic carbocycles. The Morgan fingerprint density at radius 3 is 2.53 bits per heavy atom. The normalized spacial score (nSPS) is 14.5. The minimum absolute atomic E-state index is 0.0252. The molecule has 8 nitrogen and oxygen atoms in total. The maximum Gasteiger partial charge on any atom is 0.264 e. The van der Waals surface area contributed by atoms with Gasteiger partial charge in [0.1, 0.15) is 5.75 Å². The highest BCUT2D eigenvalue weighted by Gasteiger charge is 2.22. The summed E-state index contributed by atoms with van der Waals surface area (Å²) in [6, 6.07) is 22.0. The van der Waals surface area contributed by atoms with Crippen LogP contribution in [0.4, 0.5) is 11.6 Å². The van der Waals surface area contributed by atoms with Crippen LogP contribution < -0.4 is 14.4 Å². The van der Waals surface area contributed by atoms with E-state index in [4.69, 9.17) is 4.74 Å². The van der Waals surface area contributed by atoms with E-state index in [1.54, 1.807) is 49.5 Å². The van der Waals surface area contributed by atoms with Crippen molar-refractivity contribution in [3.63, 3.8) is 0 Å². The van der Waals surface area contributed by atoms with Crippen LogP contribution in [0.2, 0.25) is 0 Å². The number of nitrogens with zero attached hydrogens (tertiary/aromatic N) is 3. The molecule has 5 rings (SSSR count). The maximum atomic E-state index is 13.2. The summed E-state index contributed by atoms with van der Waals surface area (Å²) < 4.78 is 34.7. The number of nitrogens with one attached hydrogen (secondary N) is 1. The van der Waals surface area contributed by atoms with Crippen LogP contribution in [0.3, 0.4) is 0 Å². The Hall–Kier alpha value is -4.24. The van der Waals surface area contributed by atoms with Gasteiger partial charge in [0.15, 0.2) is 0 Å². The number of benzene rings is 3. The molecule has 1 amide bonds. The lowest BCUT2D eigenvalue weighted by molar-refractivity contribution is 0.0992. The first-order valence-electron chi connectivity index (χ1n) is 10.4. The fourth-order valence-corrected chi connectivity index (χ4v) is 4.67. The quantitative estimate of drug-likeness (QED) is 0.433. The molecule has 34 heavy (non-hydrogen) atoms. The molecule has 9 heteroatoms. The Labute approximate surface area is 196 Å². The number of hydrogen-bond acceptors (Lipinski definition) is 6. The number of amides is 1. The van der Waals surface area contributed by atoms with E-state index in [0.29, 0.717) is 22.7 Å². The number of carbonyl (C=O) groups is 1. The average Bonchev–Trinajstić information content (AvgIpc) is 2.83. The zero-order valence-corrected chi connectivity index (χ0v) is 19.2. The van der Waals surface area contributed by atoms with Crippen molar-refractivity contribution in [3.8, 4) is 22.9 Å². The topological polar surface area (TPSA) is 101 Å². The number of aromatic nitrogens is 2. The van der Waals surface area contributed by atoms with Crippen molar-refractivity contribution in [1.82, 2.24) is 9.97 Å². The predicted octanol–water partition coefficient (Wildman–Crippen LogP) is 4.64. The molecular weight excluding hydrogens is 452 g/mol. The number of rotatable bonds is 1. The molecule has 0 atom stereocenters. The summed E-state index contributed by atoms with van der Waals surface area (Å²) in [6.07, 6.45) is 0. The molecule has 1 N–H and O–H groups in total. The van der Waals surface area contributed by atoms with Gasteiger partial charge in [-0.05, 0) is 48.9 Å². The molecule has 2 heterocycles. The van der Waals surface area contributed by atoms with Crippen molar-refractivity contribution in [1.29, 1.82) is 0 Å². The van der Waals surface area contributed by atoms with Crippen LogP contribution in [-0.2, 0) is 10.0 Å². The SMILES string of the molecule is Cc1ccccc1-c1cc2nc(n1)NS(=O)(=O)c1cccc(c1)N(C)C(=O)c1cccc(c1)O2. The third-order valence-electron chi connectivity index (χ3n) is 5.47. The molecule has 0 fully saturated rings. The van der Waals surface area contributed by atoms with Crippen molar-refractivity contribution in [2.45, 2.75) is 11.8 Å². The van der Waals surface area contributed by atoms with Gasteiger partial charge in [0.25, 0.3) is 15.9 Å². The molecule has 0 unspecified atom stereocenters. The zero-order chi connectivity index (χ0) is 23.9. The molecule has 0 spiro atoms. The summed E-state index contributed by atoms with van der Waals surface area (Å²) in [5.41, 5.74) is 3.07. The van der Waals surface area contributed by atoms with Crippen molar-refractivity contribution in [3.05, 3.63) is 90.0 Å². The number of ether oxygens (including phenoxy) is 1.